The summed E-state index contributed by atoms with van der Waals surface area (Å²) in [4.78, 5) is 3.75. The smallest absolute Gasteiger partial charge is 0.230 e. The molecule has 94 valence electrons. The fourth-order valence-corrected chi connectivity index (χ4v) is 6.47. The quantitative estimate of drug-likeness (QED) is 0.661. The van der Waals surface area contributed by atoms with Gasteiger partial charge in [-0.2, -0.15) is 0 Å². The van der Waals surface area contributed by atoms with Crippen molar-refractivity contribution in [1.82, 2.24) is 0 Å². The standard InChI is InChI=1S/C13H20N2OS/c1-12(14-2)5-7-13(8-6-12)9-17(16,10-13)15-11-3-4-11/h11H,3-10H2,1H3. The summed E-state index contributed by atoms with van der Waals surface area (Å²) < 4.78 is 16.9. The van der Waals surface area contributed by atoms with Crippen LogP contribution < -0.4 is 0 Å². The number of hydrogen-bond acceptors (Lipinski definition) is 2. The highest BCUT2D eigenvalue weighted by atomic mass is 32.2. The first-order valence-corrected chi connectivity index (χ1v) is 8.42. The van der Waals surface area contributed by atoms with Crippen molar-refractivity contribution < 1.29 is 4.21 Å². The van der Waals surface area contributed by atoms with Gasteiger partial charge in [-0.3, -0.25) is 0 Å². The van der Waals surface area contributed by atoms with Crippen molar-refractivity contribution in [1.29, 1.82) is 0 Å². The zero-order chi connectivity index (χ0) is 12.1. The van der Waals surface area contributed by atoms with Crippen LogP contribution in [0.5, 0.6) is 0 Å². The normalized spacial score (nSPS) is 49.4. The summed E-state index contributed by atoms with van der Waals surface area (Å²) in [6, 6.07) is 0.428. The maximum Gasteiger partial charge on any atom is 0.230 e. The molecule has 0 aromatic heterocycles. The van der Waals surface area contributed by atoms with E-state index in [4.69, 9.17) is 6.57 Å². The monoisotopic (exact) mass is 252 g/mol. The van der Waals surface area contributed by atoms with E-state index >= 15 is 0 Å². The van der Waals surface area contributed by atoms with Crippen molar-refractivity contribution in [3.63, 3.8) is 0 Å². The number of nitrogens with zero attached hydrogens (tertiary/aromatic N) is 2. The predicted molar refractivity (Wildman–Crippen MR) is 69.2 cm³/mol. The summed E-state index contributed by atoms with van der Waals surface area (Å²) in [6.45, 7) is 9.29. The highest BCUT2D eigenvalue weighted by Crippen LogP contribution is 2.50. The Hall–Kier alpha value is -0.560. The molecular weight excluding hydrogens is 232 g/mol. The summed E-state index contributed by atoms with van der Waals surface area (Å²) in [5.41, 5.74) is 0.148. The molecule has 1 aliphatic heterocycles. The van der Waals surface area contributed by atoms with Crippen LogP contribution in [0, 0.1) is 12.0 Å². The molecule has 0 unspecified atom stereocenters. The van der Waals surface area contributed by atoms with Crippen LogP contribution in [-0.4, -0.2) is 27.3 Å². The van der Waals surface area contributed by atoms with Gasteiger partial charge in [-0.25, -0.2) is 15.1 Å². The van der Waals surface area contributed by atoms with E-state index < -0.39 is 9.73 Å². The second-order valence-electron chi connectivity index (χ2n) is 6.51. The van der Waals surface area contributed by atoms with Crippen molar-refractivity contribution in [2.75, 3.05) is 11.5 Å². The zero-order valence-corrected chi connectivity index (χ0v) is 11.3. The molecule has 2 saturated carbocycles. The maximum absolute atomic E-state index is 12.4. The van der Waals surface area contributed by atoms with E-state index in [2.05, 4.69) is 16.1 Å². The van der Waals surface area contributed by atoms with Gasteiger partial charge in [0.2, 0.25) is 5.54 Å². The molecule has 1 spiro atoms. The first-order chi connectivity index (χ1) is 7.97. The first-order valence-electron chi connectivity index (χ1n) is 6.57. The van der Waals surface area contributed by atoms with Crippen LogP contribution in [0.4, 0.5) is 0 Å². The van der Waals surface area contributed by atoms with Crippen molar-refractivity contribution in [3.8, 4) is 0 Å². The average molecular weight is 252 g/mol. The zero-order valence-electron chi connectivity index (χ0n) is 10.4. The molecule has 0 aromatic carbocycles. The molecule has 0 atom stereocenters. The Labute approximate surface area is 104 Å². The third-order valence-electron chi connectivity index (χ3n) is 4.61. The molecule has 4 heteroatoms. The van der Waals surface area contributed by atoms with Gasteiger partial charge in [-0.05, 0) is 31.1 Å². The molecule has 0 amide bonds. The fraction of sp³-hybridized carbons (Fsp3) is 0.923. The molecule has 3 aliphatic rings. The van der Waals surface area contributed by atoms with E-state index in [0.29, 0.717) is 11.5 Å². The molecule has 3 nitrogen and oxygen atoms in total. The summed E-state index contributed by atoms with van der Waals surface area (Å²) in [5, 5.41) is 0. The van der Waals surface area contributed by atoms with Gasteiger partial charge in [0.15, 0.2) is 0 Å². The molecule has 0 N–H and O–H groups in total. The highest BCUT2D eigenvalue weighted by molar-refractivity contribution is 7.95. The van der Waals surface area contributed by atoms with Crippen molar-refractivity contribution in [2.45, 2.75) is 57.0 Å². The summed E-state index contributed by atoms with van der Waals surface area (Å²) in [6.07, 6.45) is 6.44. The van der Waals surface area contributed by atoms with Crippen LogP contribution in [0.25, 0.3) is 4.85 Å². The van der Waals surface area contributed by atoms with Gasteiger partial charge >= 0.3 is 0 Å². The van der Waals surface area contributed by atoms with Gasteiger partial charge < -0.3 is 4.85 Å². The Morgan fingerprint density at radius 2 is 1.82 bits per heavy atom. The molecule has 2 aliphatic carbocycles. The largest absolute Gasteiger partial charge is 0.311 e. The number of rotatable bonds is 1. The second-order valence-corrected chi connectivity index (χ2v) is 8.84. The molecular formula is C13H20N2OS. The minimum Gasteiger partial charge on any atom is -0.311 e. The van der Waals surface area contributed by atoms with E-state index in [1.54, 1.807) is 0 Å². The van der Waals surface area contributed by atoms with Gasteiger partial charge in [0.1, 0.15) is 0 Å². The third-order valence-corrected chi connectivity index (χ3v) is 7.42. The van der Waals surface area contributed by atoms with Gasteiger partial charge in [0.05, 0.1) is 6.04 Å². The van der Waals surface area contributed by atoms with Gasteiger partial charge in [-0.15, -0.1) is 0 Å². The fourth-order valence-electron chi connectivity index (χ4n) is 3.16. The maximum atomic E-state index is 12.4. The van der Waals surface area contributed by atoms with Gasteiger partial charge in [0, 0.05) is 41.0 Å². The van der Waals surface area contributed by atoms with E-state index in [1.165, 1.54) is 0 Å². The molecule has 3 fully saturated rings. The SMILES string of the molecule is [C-]#[N+]C1(C)CCC2(CC1)CS(=O)(=NC1CC1)C2. The second kappa shape index (κ2) is 3.47. The molecule has 17 heavy (non-hydrogen) atoms. The van der Waals surface area contributed by atoms with Crippen LogP contribution in [0.1, 0.15) is 45.4 Å². The van der Waals surface area contributed by atoms with Crippen LogP contribution in [0.3, 0.4) is 0 Å². The van der Waals surface area contributed by atoms with Crippen LogP contribution in [0.15, 0.2) is 4.36 Å². The number of hydrogen-bond donors (Lipinski definition) is 0. The van der Waals surface area contributed by atoms with Crippen molar-refractivity contribution >= 4 is 9.73 Å². The molecule has 1 heterocycles. The van der Waals surface area contributed by atoms with Crippen LogP contribution >= 0.6 is 0 Å². The van der Waals surface area contributed by atoms with E-state index in [9.17, 15) is 4.21 Å². The van der Waals surface area contributed by atoms with Crippen molar-refractivity contribution in [3.05, 3.63) is 11.4 Å². The van der Waals surface area contributed by atoms with Crippen LogP contribution in [0.2, 0.25) is 0 Å². The minimum atomic E-state index is -1.83. The average Bonchev–Trinajstić information content (AvgIpc) is 3.04. The van der Waals surface area contributed by atoms with Gasteiger partial charge in [0.25, 0.3) is 0 Å². The third kappa shape index (κ3) is 2.10. The summed E-state index contributed by atoms with van der Waals surface area (Å²) >= 11 is 0. The lowest BCUT2D eigenvalue weighted by Crippen LogP contribution is -2.52. The highest BCUT2D eigenvalue weighted by Gasteiger charge is 2.52. The van der Waals surface area contributed by atoms with Crippen molar-refractivity contribution in [2.24, 2.45) is 9.78 Å². The van der Waals surface area contributed by atoms with Crippen LogP contribution in [-0.2, 0) is 9.73 Å². The Bertz CT molecular complexity index is 470. The predicted octanol–water partition coefficient (Wildman–Crippen LogP) is 2.87. The summed E-state index contributed by atoms with van der Waals surface area (Å²) in [7, 11) is -1.83. The lowest BCUT2D eigenvalue weighted by molar-refractivity contribution is 0.188. The topological polar surface area (TPSA) is 33.8 Å². The summed E-state index contributed by atoms with van der Waals surface area (Å²) in [5.74, 6) is 1.65. The van der Waals surface area contributed by atoms with E-state index in [-0.39, 0.29) is 5.54 Å². The molecule has 1 saturated heterocycles. The van der Waals surface area contributed by atoms with E-state index in [0.717, 1.165) is 50.0 Å². The lowest BCUT2D eigenvalue weighted by Gasteiger charge is -2.48. The Kier molecular flexibility index (Phi) is 2.36. The Morgan fingerprint density at radius 1 is 1.24 bits per heavy atom. The van der Waals surface area contributed by atoms with E-state index in [1.807, 2.05) is 0 Å². The van der Waals surface area contributed by atoms with Gasteiger partial charge in [-0.1, -0.05) is 0 Å². The lowest BCUT2D eigenvalue weighted by atomic mass is 9.70. The molecule has 0 bridgehead atoms. The minimum absolute atomic E-state index is 0.143. The molecule has 0 aromatic rings. The Balaban J connectivity index is 1.66. The molecule has 3 rings (SSSR count). The Morgan fingerprint density at radius 3 is 2.29 bits per heavy atom. The molecule has 0 radical (unpaired) electrons. The first kappa shape index (κ1) is 11.5.